The van der Waals surface area contributed by atoms with Gasteiger partial charge >= 0.3 is 23.9 Å². The molecular formula is C11H5BrF11N. The third kappa shape index (κ3) is 3.02. The zero-order chi connectivity index (χ0) is 19.3. The van der Waals surface area contributed by atoms with E-state index in [0.29, 0.717) is 0 Å². The first-order valence-corrected chi connectivity index (χ1v) is 6.35. The molecule has 0 spiro atoms. The molecule has 0 saturated heterocycles. The quantitative estimate of drug-likeness (QED) is 0.461. The largest absolute Gasteiger partial charge is 0.457 e. The minimum absolute atomic E-state index is 0.158. The highest BCUT2D eigenvalue weighted by atomic mass is 79.9. The number of hydrogen-bond donors (Lipinski definition) is 1. The van der Waals surface area contributed by atoms with Crippen molar-refractivity contribution < 1.29 is 48.3 Å². The molecule has 1 nitrogen and oxygen atoms in total. The summed E-state index contributed by atoms with van der Waals surface area (Å²) in [6.45, 7) is 0. The van der Waals surface area contributed by atoms with Crippen LogP contribution in [0.4, 0.5) is 54.0 Å². The lowest BCUT2D eigenvalue weighted by Crippen LogP contribution is -2.59. The summed E-state index contributed by atoms with van der Waals surface area (Å²) in [4.78, 5) is 0. The zero-order valence-electron chi connectivity index (χ0n) is 10.8. The lowest BCUT2D eigenvalue weighted by atomic mass is 9.86. The van der Waals surface area contributed by atoms with Crippen LogP contribution in [0.25, 0.3) is 0 Å². The molecule has 0 aromatic heterocycles. The smallest absolute Gasteiger partial charge is 0.397 e. The molecule has 0 aliphatic carbocycles. The van der Waals surface area contributed by atoms with Gasteiger partial charge in [-0.3, -0.25) is 0 Å². The van der Waals surface area contributed by atoms with Crippen LogP contribution in [0.1, 0.15) is 17.6 Å². The third-order valence-electron chi connectivity index (χ3n) is 2.97. The van der Waals surface area contributed by atoms with E-state index in [0.717, 1.165) is 0 Å². The summed E-state index contributed by atoms with van der Waals surface area (Å²) < 4.78 is 140. The molecule has 2 N–H and O–H groups in total. The maximum atomic E-state index is 14.2. The Labute approximate surface area is 134 Å². The van der Waals surface area contributed by atoms with Crippen LogP contribution in [-0.4, -0.2) is 18.3 Å². The van der Waals surface area contributed by atoms with Crippen LogP contribution in [0.3, 0.4) is 0 Å². The van der Waals surface area contributed by atoms with Crippen molar-refractivity contribution in [2.75, 3.05) is 5.73 Å². The second-order valence-corrected chi connectivity index (χ2v) is 5.34. The number of nitrogens with two attached hydrogens (primary N) is 1. The monoisotopic (exact) mass is 439 g/mol. The maximum absolute atomic E-state index is 14.2. The topological polar surface area (TPSA) is 26.0 Å². The fraction of sp³-hybridized carbons (Fsp3) is 0.455. The number of halogens is 12. The Morgan fingerprint density at radius 1 is 0.833 bits per heavy atom. The average Bonchev–Trinajstić information content (AvgIpc) is 2.37. The van der Waals surface area contributed by atoms with Crippen molar-refractivity contribution in [2.45, 2.75) is 30.4 Å². The Morgan fingerprint density at radius 2 is 1.29 bits per heavy atom. The summed E-state index contributed by atoms with van der Waals surface area (Å²) in [5.74, 6) is -6.95. The molecule has 1 aromatic rings. The van der Waals surface area contributed by atoms with Gasteiger partial charge in [-0.2, -0.15) is 35.1 Å². The molecular weight excluding hydrogens is 435 g/mol. The second-order valence-electron chi connectivity index (χ2n) is 4.49. The Morgan fingerprint density at radius 3 is 1.62 bits per heavy atom. The van der Waals surface area contributed by atoms with Crippen LogP contribution in [0.5, 0.6) is 0 Å². The molecule has 1 unspecified atom stereocenters. The van der Waals surface area contributed by atoms with Crippen LogP contribution in [0.15, 0.2) is 16.6 Å². The van der Waals surface area contributed by atoms with E-state index in [-0.39, 0.29) is 6.07 Å². The first-order valence-electron chi connectivity index (χ1n) is 5.56. The first kappa shape index (κ1) is 20.8. The summed E-state index contributed by atoms with van der Waals surface area (Å²) in [5.41, 5.74) is -6.09. The van der Waals surface area contributed by atoms with Gasteiger partial charge in [0.15, 0.2) is 0 Å². The van der Waals surface area contributed by atoms with E-state index in [9.17, 15) is 48.3 Å². The molecule has 0 heterocycles. The lowest BCUT2D eigenvalue weighted by molar-refractivity contribution is -0.389. The van der Waals surface area contributed by atoms with E-state index in [1.165, 1.54) is 0 Å². The van der Waals surface area contributed by atoms with E-state index in [1.807, 2.05) is 0 Å². The van der Waals surface area contributed by atoms with Gasteiger partial charge in [-0.1, -0.05) is 0 Å². The number of nitrogen functional groups attached to an aromatic ring is 1. The molecule has 0 saturated carbocycles. The summed E-state index contributed by atoms with van der Waals surface area (Å²) in [6.07, 6.45) is -17.4. The van der Waals surface area contributed by atoms with Gasteiger partial charge in [0.2, 0.25) is 0 Å². The van der Waals surface area contributed by atoms with Gasteiger partial charge < -0.3 is 5.73 Å². The summed E-state index contributed by atoms with van der Waals surface area (Å²) in [5, 5.41) is 0. The van der Waals surface area contributed by atoms with Crippen LogP contribution < -0.4 is 5.73 Å². The molecule has 0 amide bonds. The van der Waals surface area contributed by atoms with Crippen molar-refractivity contribution in [3.8, 4) is 0 Å². The van der Waals surface area contributed by atoms with Crippen LogP contribution in [-0.2, 0) is 5.67 Å². The fourth-order valence-electron chi connectivity index (χ4n) is 1.74. The normalized spacial score (nSPS) is 16.4. The molecule has 0 radical (unpaired) electrons. The molecule has 1 rings (SSSR count). The lowest BCUT2D eigenvalue weighted by Gasteiger charge is -2.36. The minimum Gasteiger partial charge on any atom is -0.397 e. The highest BCUT2D eigenvalue weighted by molar-refractivity contribution is 9.10. The summed E-state index contributed by atoms with van der Waals surface area (Å²) in [7, 11) is 0. The van der Waals surface area contributed by atoms with Gasteiger partial charge in [-0.25, -0.2) is 13.2 Å². The Bertz CT molecular complexity index is 622. The average molecular weight is 440 g/mol. The number of benzene rings is 1. The first-order chi connectivity index (χ1) is 10.5. The highest BCUT2D eigenvalue weighted by Crippen LogP contribution is 2.59. The molecule has 24 heavy (non-hydrogen) atoms. The van der Waals surface area contributed by atoms with Crippen molar-refractivity contribution in [3.05, 3.63) is 27.7 Å². The van der Waals surface area contributed by atoms with Gasteiger partial charge in [-0.05, 0) is 28.1 Å². The number of anilines is 1. The van der Waals surface area contributed by atoms with Crippen LogP contribution >= 0.6 is 15.9 Å². The van der Waals surface area contributed by atoms with E-state index >= 15 is 0 Å². The van der Waals surface area contributed by atoms with E-state index in [4.69, 9.17) is 5.73 Å². The van der Waals surface area contributed by atoms with Crippen molar-refractivity contribution in [3.63, 3.8) is 0 Å². The van der Waals surface area contributed by atoms with Gasteiger partial charge in [0.25, 0.3) is 6.43 Å². The number of hydrogen-bond acceptors (Lipinski definition) is 1. The van der Waals surface area contributed by atoms with Crippen LogP contribution in [0, 0.1) is 0 Å². The minimum atomic E-state index is -6.95. The summed E-state index contributed by atoms with van der Waals surface area (Å²) >= 11 is 2.32. The van der Waals surface area contributed by atoms with Gasteiger partial charge in [0, 0.05) is 15.6 Å². The van der Waals surface area contributed by atoms with Gasteiger partial charge in [-0.15, -0.1) is 0 Å². The molecule has 1 atom stereocenters. The van der Waals surface area contributed by atoms with E-state index < -0.39 is 57.7 Å². The zero-order valence-corrected chi connectivity index (χ0v) is 12.4. The Kier molecular flexibility index (Phi) is 5.12. The van der Waals surface area contributed by atoms with Gasteiger partial charge in [0.05, 0.1) is 5.69 Å². The molecule has 1 aromatic carbocycles. The molecule has 0 aliphatic heterocycles. The SMILES string of the molecule is Nc1c(Br)cc(C(F)(C(F)(F)F)C(F)(F)C(F)(F)F)cc1C(F)F. The second kappa shape index (κ2) is 5.92. The standard InChI is InChI=1S/C11H5BrF11N/c12-5-2-3(1-4(6(5)24)7(13)14)8(15,10(18,19)20)9(16,17)11(21,22)23/h1-2,7H,24H2. The molecule has 0 aliphatic rings. The van der Waals surface area contributed by atoms with E-state index in [2.05, 4.69) is 15.9 Å². The fourth-order valence-corrected chi connectivity index (χ4v) is 2.21. The molecule has 0 fully saturated rings. The third-order valence-corrected chi connectivity index (χ3v) is 3.63. The van der Waals surface area contributed by atoms with E-state index in [1.54, 1.807) is 0 Å². The van der Waals surface area contributed by atoms with Crippen molar-refractivity contribution in [1.82, 2.24) is 0 Å². The van der Waals surface area contributed by atoms with Crippen molar-refractivity contribution >= 4 is 21.6 Å². The highest BCUT2D eigenvalue weighted by Gasteiger charge is 2.81. The predicted octanol–water partition coefficient (Wildman–Crippen LogP) is 5.89. The Balaban J connectivity index is 3.85. The maximum Gasteiger partial charge on any atom is 0.457 e. The van der Waals surface area contributed by atoms with Gasteiger partial charge in [0.1, 0.15) is 0 Å². The van der Waals surface area contributed by atoms with Crippen molar-refractivity contribution in [2.24, 2.45) is 0 Å². The predicted molar refractivity (Wildman–Crippen MR) is 63.4 cm³/mol. The molecule has 0 bridgehead atoms. The van der Waals surface area contributed by atoms with Crippen molar-refractivity contribution in [1.29, 1.82) is 0 Å². The number of alkyl halides is 11. The summed E-state index contributed by atoms with van der Waals surface area (Å²) in [6, 6.07) is -0.633. The Hall–Kier alpha value is -1.27. The molecule has 138 valence electrons. The molecule has 13 heteroatoms. The van der Waals surface area contributed by atoms with Crippen LogP contribution in [0.2, 0.25) is 0 Å². The number of rotatable bonds is 3.